The van der Waals surface area contributed by atoms with E-state index in [0.717, 1.165) is 15.8 Å². The molecule has 0 heterocycles. The van der Waals surface area contributed by atoms with E-state index in [9.17, 15) is 0 Å². The molecule has 2 aromatic rings. The SMILES string of the molecule is Cc1ccc(COc2ccc(Br)cc2CCl)cc1C. The van der Waals surface area contributed by atoms with Gasteiger partial charge in [-0.1, -0.05) is 34.1 Å². The first-order valence-corrected chi connectivity index (χ1v) is 7.46. The molecule has 0 unspecified atom stereocenters. The summed E-state index contributed by atoms with van der Waals surface area (Å²) in [5, 5.41) is 0. The third-order valence-corrected chi connectivity index (χ3v) is 3.91. The zero-order valence-electron chi connectivity index (χ0n) is 11.0. The van der Waals surface area contributed by atoms with Crippen LogP contribution in [-0.2, 0) is 12.5 Å². The monoisotopic (exact) mass is 338 g/mol. The fraction of sp³-hybridized carbons (Fsp3) is 0.250. The lowest BCUT2D eigenvalue weighted by Gasteiger charge is -2.11. The van der Waals surface area contributed by atoms with E-state index in [0.29, 0.717) is 12.5 Å². The van der Waals surface area contributed by atoms with Crippen molar-refractivity contribution < 1.29 is 4.74 Å². The molecule has 2 aromatic carbocycles. The number of aryl methyl sites for hydroxylation is 2. The van der Waals surface area contributed by atoms with E-state index in [4.69, 9.17) is 16.3 Å². The molecule has 0 spiro atoms. The Morgan fingerprint density at radius 2 is 1.84 bits per heavy atom. The highest BCUT2D eigenvalue weighted by Crippen LogP contribution is 2.25. The molecule has 0 saturated heterocycles. The van der Waals surface area contributed by atoms with Gasteiger partial charge in [0, 0.05) is 10.0 Å². The van der Waals surface area contributed by atoms with Gasteiger partial charge in [-0.2, -0.15) is 0 Å². The largest absolute Gasteiger partial charge is 0.489 e. The predicted octanol–water partition coefficient (Wildman–Crippen LogP) is 5.38. The number of hydrogen-bond donors (Lipinski definition) is 0. The summed E-state index contributed by atoms with van der Waals surface area (Å²) in [5.74, 6) is 1.29. The standard InChI is InChI=1S/C16H16BrClO/c1-11-3-4-13(7-12(11)2)10-19-16-6-5-15(17)8-14(16)9-18/h3-8H,9-10H2,1-2H3. The van der Waals surface area contributed by atoms with Gasteiger partial charge in [-0.15, -0.1) is 11.6 Å². The van der Waals surface area contributed by atoms with Gasteiger partial charge in [-0.05, 0) is 48.7 Å². The van der Waals surface area contributed by atoms with Gasteiger partial charge in [-0.3, -0.25) is 0 Å². The Bertz CT molecular complexity index is 581. The summed E-state index contributed by atoms with van der Waals surface area (Å²) in [6.07, 6.45) is 0. The maximum atomic E-state index is 5.93. The fourth-order valence-electron chi connectivity index (χ4n) is 1.85. The van der Waals surface area contributed by atoms with Gasteiger partial charge in [-0.25, -0.2) is 0 Å². The third-order valence-electron chi connectivity index (χ3n) is 3.13. The van der Waals surface area contributed by atoms with Crippen LogP contribution in [0.1, 0.15) is 22.3 Å². The molecule has 0 aliphatic heterocycles. The Balaban J connectivity index is 2.12. The first-order valence-electron chi connectivity index (χ1n) is 6.13. The zero-order chi connectivity index (χ0) is 13.8. The van der Waals surface area contributed by atoms with E-state index >= 15 is 0 Å². The van der Waals surface area contributed by atoms with E-state index in [1.807, 2.05) is 18.2 Å². The summed E-state index contributed by atoms with van der Waals surface area (Å²) in [5.41, 5.74) is 4.76. The third kappa shape index (κ3) is 3.74. The zero-order valence-corrected chi connectivity index (χ0v) is 13.4. The van der Waals surface area contributed by atoms with Gasteiger partial charge >= 0.3 is 0 Å². The first-order chi connectivity index (χ1) is 9.10. The van der Waals surface area contributed by atoms with Crippen LogP contribution in [-0.4, -0.2) is 0 Å². The van der Waals surface area contributed by atoms with Crippen LogP contribution in [0.15, 0.2) is 40.9 Å². The molecule has 0 aliphatic rings. The molecule has 100 valence electrons. The Kier molecular flexibility index (Phi) is 4.89. The molecular weight excluding hydrogens is 324 g/mol. The summed E-state index contributed by atoms with van der Waals surface area (Å²) < 4.78 is 6.87. The van der Waals surface area contributed by atoms with E-state index < -0.39 is 0 Å². The maximum Gasteiger partial charge on any atom is 0.124 e. The second kappa shape index (κ2) is 6.44. The molecule has 0 amide bonds. The van der Waals surface area contributed by atoms with Gasteiger partial charge < -0.3 is 4.74 Å². The van der Waals surface area contributed by atoms with Crippen LogP contribution >= 0.6 is 27.5 Å². The van der Waals surface area contributed by atoms with E-state index in [2.05, 4.69) is 48.0 Å². The van der Waals surface area contributed by atoms with E-state index in [-0.39, 0.29) is 0 Å². The van der Waals surface area contributed by atoms with Crippen molar-refractivity contribution in [3.05, 3.63) is 63.1 Å². The van der Waals surface area contributed by atoms with Crippen LogP contribution < -0.4 is 4.74 Å². The molecule has 0 aromatic heterocycles. The summed E-state index contributed by atoms with van der Waals surface area (Å²) in [7, 11) is 0. The lowest BCUT2D eigenvalue weighted by atomic mass is 10.1. The van der Waals surface area contributed by atoms with Crippen molar-refractivity contribution in [3.63, 3.8) is 0 Å². The van der Waals surface area contributed by atoms with Crippen LogP contribution in [0.2, 0.25) is 0 Å². The van der Waals surface area contributed by atoms with Gasteiger partial charge in [0.25, 0.3) is 0 Å². The van der Waals surface area contributed by atoms with Gasteiger partial charge in [0.1, 0.15) is 12.4 Å². The van der Waals surface area contributed by atoms with Crippen molar-refractivity contribution in [2.45, 2.75) is 26.3 Å². The number of rotatable bonds is 4. The average Bonchev–Trinajstić information content (AvgIpc) is 2.41. The fourth-order valence-corrected chi connectivity index (χ4v) is 2.47. The van der Waals surface area contributed by atoms with Gasteiger partial charge in [0.05, 0.1) is 5.88 Å². The quantitative estimate of drug-likeness (QED) is 0.679. The first kappa shape index (κ1) is 14.4. The normalized spacial score (nSPS) is 10.5. The summed E-state index contributed by atoms with van der Waals surface area (Å²) >= 11 is 9.37. The van der Waals surface area contributed by atoms with Crippen molar-refractivity contribution in [1.29, 1.82) is 0 Å². The smallest absolute Gasteiger partial charge is 0.124 e. The molecular formula is C16H16BrClO. The molecule has 0 fully saturated rings. The highest BCUT2D eigenvalue weighted by atomic mass is 79.9. The van der Waals surface area contributed by atoms with Gasteiger partial charge in [0.15, 0.2) is 0 Å². The van der Waals surface area contributed by atoms with Crippen LogP contribution in [0.25, 0.3) is 0 Å². The Labute approximate surface area is 127 Å². The number of hydrogen-bond acceptors (Lipinski definition) is 1. The Morgan fingerprint density at radius 3 is 2.53 bits per heavy atom. The predicted molar refractivity (Wildman–Crippen MR) is 83.9 cm³/mol. The van der Waals surface area contributed by atoms with Crippen LogP contribution in [0, 0.1) is 13.8 Å². The highest BCUT2D eigenvalue weighted by Gasteiger charge is 2.04. The second-order valence-electron chi connectivity index (χ2n) is 4.59. The van der Waals surface area contributed by atoms with Gasteiger partial charge in [0.2, 0.25) is 0 Å². The molecule has 0 N–H and O–H groups in total. The minimum absolute atomic E-state index is 0.446. The summed E-state index contributed by atoms with van der Waals surface area (Å²) in [4.78, 5) is 0. The Hall–Kier alpha value is -0.990. The van der Waals surface area contributed by atoms with E-state index in [1.165, 1.54) is 16.7 Å². The van der Waals surface area contributed by atoms with Crippen LogP contribution in [0.5, 0.6) is 5.75 Å². The molecule has 0 radical (unpaired) electrons. The van der Waals surface area contributed by atoms with Crippen molar-refractivity contribution in [2.24, 2.45) is 0 Å². The molecule has 0 saturated carbocycles. The molecule has 0 atom stereocenters. The van der Waals surface area contributed by atoms with E-state index in [1.54, 1.807) is 0 Å². The highest BCUT2D eigenvalue weighted by molar-refractivity contribution is 9.10. The molecule has 0 bridgehead atoms. The van der Waals surface area contributed by atoms with Crippen molar-refractivity contribution in [2.75, 3.05) is 0 Å². The van der Waals surface area contributed by atoms with Crippen molar-refractivity contribution >= 4 is 27.5 Å². The number of halogens is 2. The number of ether oxygens (including phenoxy) is 1. The topological polar surface area (TPSA) is 9.23 Å². The number of alkyl halides is 1. The molecule has 1 nitrogen and oxygen atoms in total. The molecule has 0 aliphatic carbocycles. The maximum absolute atomic E-state index is 5.93. The minimum atomic E-state index is 0.446. The van der Waals surface area contributed by atoms with Crippen LogP contribution in [0.4, 0.5) is 0 Å². The molecule has 19 heavy (non-hydrogen) atoms. The summed E-state index contributed by atoms with van der Waals surface area (Å²) in [6, 6.07) is 12.3. The summed E-state index contributed by atoms with van der Waals surface area (Å²) in [6.45, 7) is 4.79. The van der Waals surface area contributed by atoms with Crippen LogP contribution in [0.3, 0.4) is 0 Å². The second-order valence-corrected chi connectivity index (χ2v) is 5.78. The minimum Gasteiger partial charge on any atom is -0.489 e. The number of benzene rings is 2. The lowest BCUT2D eigenvalue weighted by Crippen LogP contribution is -1.98. The Morgan fingerprint density at radius 1 is 1.05 bits per heavy atom. The lowest BCUT2D eigenvalue weighted by molar-refractivity contribution is 0.303. The molecule has 2 rings (SSSR count). The van der Waals surface area contributed by atoms with Crippen molar-refractivity contribution in [1.82, 2.24) is 0 Å². The average molecular weight is 340 g/mol. The molecule has 3 heteroatoms. The van der Waals surface area contributed by atoms with Crippen molar-refractivity contribution in [3.8, 4) is 5.75 Å².